The smallest absolute Gasteiger partial charge is 0.275 e. The van der Waals surface area contributed by atoms with Crippen LogP contribution in [0.3, 0.4) is 0 Å². The number of allylic oxidation sites excluding steroid dienone is 1. The standard InChI is InChI=1S/C7H14O2/c1-4-6(3)7(8)9-5-2/h8H,4-5H2,1-3H3. The Hall–Kier alpha value is -0.660. The maximum atomic E-state index is 8.98. The van der Waals surface area contributed by atoms with Crippen LogP contribution >= 0.6 is 0 Å². The second-order valence-electron chi connectivity index (χ2n) is 1.87. The SMILES string of the molecule is CCOC(O)=C(C)CC. The predicted molar refractivity (Wildman–Crippen MR) is 37.2 cm³/mol. The van der Waals surface area contributed by atoms with E-state index in [-0.39, 0.29) is 5.95 Å². The molecule has 1 N–H and O–H groups in total. The molecule has 0 heterocycles. The van der Waals surface area contributed by atoms with Gasteiger partial charge in [0.05, 0.1) is 6.61 Å². The van der Waals surface area contributed by atoms with Crippen molar-refractivity contribution in [1.29, 1.82) is 0 Å². The highest BCUT2D eigenvalue weighted by atomic mass is 16.6. The van der Waals surface area contributed by atoms with E-state index in [4.69, 9.17) is 9.84 Å². The normalized spacial score (nSPS) is 12.8. The lowest BCUT2D eigenvalue weighted by Gasteiger charge is -2.02. The van der Waals surface area contributed by atoms with Gasteiger partial charge < -0.3 is 9.84 Å². The third-order valence-electron chi connectivity index (χ3n) is 1.18. The van der Waals surface area contributed by atoms with E-state index in [1.165, 1.54) is 0 Å². The van der Waals surface area contributed by atoms with Crippen LogP contribution in [0, 0.1) is 0 Å². The van der Waals surface area contributed by atoms with Crippen LogP contribution in [0.1, 0.15) is 27.2 Å². The molecule has 2 nitrogen and oxygen atoms in total. The van der Waals surface area contributed by atoms with E-state index in [1.807, 2.05) is 20.8 Å². The number of aliphatic hydroxyl groups excluding tert-OH is 1. The summed E-state index contributed by atoms with van der Waals surface area (Å²) in [5, 5.41) is 8.98. The molecule has 0 aliphatic carbocycles. The molecule has 0 aliphatic rings. The average molecular weight is 130 g/mol. The highest BCUT2D eigenvalue weighted by Gasteiger charge is 1.95. The monoisotopic (exact) mass is 130 g/mol. The van der Waals surface area contributed by atoms with E-state index >= 15 is 0 Å². The van der Waals surface area contributed by atoms with Gasteiger partial charge in [-0.15, -0.1) is 0 Å². The van der Waals surface area contributed by atoms with E-state index in [2.05, 4.69) is 0 Å². The molecule has 54 valence electrons. The van der Waals surface area contributed by atoms with Crippen LogP contribution in [0.25, 0.3) is 0 Å². The molecule has 0 spiro atoms. The van der Waals surface area contributed by atoms with E-state index in [0.717, 1.165) is 12.0 Å². The second kappa shape index (κ2) is 4.24. The lowest BCUT2D eigenvalue weighted by molar-refractivity contribution is 0.0971. The van der Waals surface area contributed by atoms with Gasteiger partial charge in [-0.1, -0.05) is 6.92 Å². The zero-order valence-electron chi connectivity index (χ0n) is 6.27. The molecule has 0 atom stereocenters. The quantitative estimate of drug-likeness (QED) is 0.593. The lowest BCUT2D eigenvalue weighted by Crippen LogP contribution is -1.92. The Morgan fingerprint density at radius 3 is 2.33 bits per heavy atom. The molecule has 0 unspecified atom stereocenters. The van der Waals surface area contributed by atoms with Crippen LogP contribution in [0.4, 0.5) is 0 Å². The molecule has 0 radical (unpaired) electrons. The van der Waals surface area contributed by atoms with E-state index in [0.29, 0.717) is 6.61 Å². The largest absolute Gasteiger partial charge is 0.481 e. The first kappa shape index (κ1) is 8.34. The van der Waals surface area contributed by atoms with Gasteiger partial charge in [0.15, 0.2) is 0 Å². The highest BCUT2D eigenvalue weighted by molar-refractivity contribution is 4.96. The van der Waals surface area contributed by atoms with E-state index < -0.39 is 0 Å². The summed E-state index contributed by atoms with van der Waals surface area (Å²) in [4.78, 5) is 0. The summed E-state index contributed by atoms with van der Waals surface area (Å²) >= 11 is 0. The second-order valence-corrected chi connectivity index (χ2v) is 1.87. The molecule has 0 aromatic rings. The molecule has 0 saturated carbocycles. The third kappa shape index (κ3) is 3.01. The fourth-order valence-corrected chi connectivity index (χ4v) is 0.411. The molecule has 2 heteroatoms. The third-order valence-corrected chi connectivity index (χ3v) is 1.18. The van der Waals surface area contributed by atoms with Gasteiger partial charge >= 0.3 is 0 Å². The Kier molecular flexibility index (Phi) is 3.93. The first-order chi connectivity index (χ1) is 4.22. The zero-order chi connectivity index (χ0) is 7.28. The molecule has 0 aromatic heterocycles. The molecule has 0 saturated heterocycles. The fourth-order valence-electron chi connectivity index (χ4n) is 0.411. The summed E-state index contributed by atoms with van der Waals surface area (Å²) in [5.74, 6) is 0.0833. The van der Waals surface area contributed by atoms with Gasteiger partial charge in [0, 0.05) is 5.57 Å². The van der Waals surface area contributed by atoms with Crippen molar-refractivity contribution in [1.82, 2.24) is 0 Å². The maximum absolute atomic E-state index is 8.98. The molecule has 9 heavy (non-hydrogen) atoms. The number of hydrogen-bond acceptors (Lipinski definition) is 2. The van der Waals surface area contributed by atoms with E-state index in [9.17, 15) is 0 Å². The van der Waals surface area contributed by atoms with Gasteiger partial charge in [-0.25, -0.2) is 0 Å². The van der Waals surface area contributed by atoms with Crippen molar-refractivity contribution in [3.8, 4) is 0 Å². The Bertz CT molecular complexity index is 105. The van der Waals surface area contributed by atoms with Crippen molar-refractivity contribution < 1.29 is 9.84 Å². The zero-order valence-corrected chi connectivity index (χ0v) is 6.27. The van der Waals surface area contributed by atoms with Crippen molar-refractivity contribution in [3.63, 3.8) is 0 Å². The molecule has 0 rings (SSSR count). The fraction of sp³-hybridized carbons (Fsp3) is 0.714. The molecule has 0 aliphatic heterocycles. The molecule has 0 amide bonds. The van der Waals surface area contributed by atoms with Gasteiger partial charge in [-0.2, -0.15) is 0 Å². The van der Waals surface area contributed by atoms with Crippen molar-refractivity contribution in [2.45, 2.75) is 27.2 Å². The van der Waals surface area contributed by atoms with Gasteiger partial charge in [0.2, 0.25) is 0 Å². The molecule has 0 bridgehead atoms. The van der Waals surface area contributed by atoms with E-state index in [1.54, 1.807) is 0 Å². The van der Waals surface area contributed by atoms with Crippen molar-refractivity contribution in [2.24, 2.45) is 0 Å². The van der Waals surface area contributed by atoms with Gasteiger partial charge in [-0.05, 0) is 20.3 Å². The van der Waals surface area contributed by atoms with Gasteiger partial charge in [0.1, 0.15) is 0 Å². The Labute approximate surface area is 56.1 Å². The minimum Gasteiger partial charge on any atom is -0.481 e. The minimum atomic E-state index is 0.0833. The van der Waals surface area contributed by atoms with Crippen molar-refractivity contribution in [3.05, 3.63) is 11.5 Å². The van der Waals surface area contributed by atoms with Crippen molar-refractivity contribution in [2.75, 3.05) is 6.61 Å². The summed E-state index contributed by atoms with van der Waals surface area (Å²) < 4.78 is 4.83. The molecular weight excluding hydrogens is 116 g/mol. The van der Waals surface area contributed by atoms with Gasteiger partial charge in [0.25, 0.3) is 5.95 Å². The Morgan fingerprint density at radius 2 is 2.00 bits per heavy atom. The van der Waals surface area contributed by atoms with Crippen LogP contribution in [-0.4, -0.2) is 11.7 Å². The van der Waals surface area contributed by atoms with Crippen LogP contribution in [0.2, 0.25) is 0 Å². The predicted octanol–water partition coefficient (Wildman–Crippen LogP) is 2.22. The summed E-state index contributed by atoms with van der Waals surface area (Å²) in [6.07, 6.45) is 0.839. The number of ether oxygens (including phenoxy) is 1. The first-order valence-electron chi connectivity index (χ1n) is 3.23. The Balaban J connectivity index is 3.78. The highest BCUT2D eigenvalue weighted by Crippen LogP contribution is 2.04. The van der Waals surface area contributed by atoms with Crippen LogP contribution in [0.5, 0.6) is 0 Å². The number of rotatable bonds is 3. The Morgan fingerprint density at radius 1 is 1.44 bits per heavy atom. The lowest BCUT2D eigenvalue weighted by atomic mass is 10.2. The van der Waals surface area contributed by atoms with Gasteiger partial charge in [-0.3, -0.25) is 0 Å². The first-order valence-corrected chi connectivity index (χ1v) is 3.23. The average Bonchev–Trinajstić information content (AvgIpc) is 1.87. The number of hydrogen-bond donors (Lipinski definition) is 1. The molecular formula is C7H14O2. The van der Waals surface area contributed by atoms with Crippen LogP contribution < -0.4 is 0 Å². The minimum absolute atomic E-state index is 0.0833. The summed E-state index contributed by atoms with van der Waals surface area (Å²) in [7, 11) is 0. The number of aliphatic hydroxyl groups is 1. The molecule has 0 aromatic carbocycles. The maximum Gasteiger partial charge on any atom is 0.275 e. The van der Waals surface area contributed by atoms with Crippen LogP contribution in [0.15, 0.2) is 11.5 Å². The van der Waals surface area contributed by atoms with Crippen molar-refractivity contribution >= 4 is 0 Å². The molecule has 0 fully saturated rings. The summed E-state index contributed by atoms with van der Waals surface area (Å²) in [6, 6.07) is 0. The summed E-state index contributed by atoms with van der Waals surface area (Å²) in [5.41, 5.74) is 0.900. The summed E-state index contributed by atoms with van der Waals surface area (Å²) in [6.45, 7) is 6.21. The van der Waals surface area contributed by atoms with Crippen LogP contribution in [-0.2, 0) is 4.74 Å². The topological polar surface area (TPSA) is 29.5 Å².